The largest absolute Gasteiger partial charge is 0.380 e. The van der Waals surface area contributed by atoms with Crippen molar-refractivity contribution in [3.8, 4) is 0 Å². The third-order valence-corrected chi connectivity index (χ3v) is 3.30. The summed E-state index contributed by atoms with van der Waals surface area (Å²) in [5.41, 5.74) is 0.151. The van der Waals surface area contributed by atoms with Gasteiger partial charge in [0.2, 0.25) is 5.91 Å². The van der Waals surface area contributed by atoms with Crippen LogP contribution in [0.3, 0.4) is 0 Å². The zero-order chi connectivity index (χ0) is 10.9. The Kier molecular flexibility index (Phi) is 2.98. The predicted octanol–water partition coefficient (Wildman–Crippen LogP) is 0.564. The van der Waals surface area contributed by atoms with Crippen molar-refractivity contribution < 1.29 is 14.3 Å². The highest BCUT2D eigenvalue weighted by molar-refractivity contribution is 5.79. The van der Waals surface area contributed by atoms with Crippen molar-refractivity contribution in [2.24, 2.45) is 11.3 Å². The molecule has 0 spiro atoms. The van der Waals surface area contributed by atoms with Gasteiger partial charge in [0.05, 0.1) is 25.2 Å². The zero-order valence-electron chi connectivity index (χ0n) is 9.41. The van der Waals surface area contributed by atoms with Gasteiger partial charge in [-0.25, -0.2) is 0 Å². The van der Waals surface area contributed by atoms with E-state index in [1.54, 1.807) is 0 Å². The number of hydrogen-bond acceptors (Lipinski definition) is 3. The van der Waals surface area contributed by atoms with Crippen LogP contribution in [-0.4, -0.2) is 38.4 Å². The Bertz CT molecular complexity index is 250. The topological polar surface area (TPSA) is 47.6 Å². The Morgan fingerprint density at radius 2 is 2.27 bits per heavy atom. The maximum atomic E-state index is 11.8. The Morgan fingerprint density at radius 3 is 2.73 bits per heavy atom. The van der Waals surface area contributed by atoms with Crippen LogP contribution in [-0.2, 0) is 14.3 Å². The molecule has 0 aromatic carbocycles. The first-order chi connectivity index (χ1) is 7.11. The van der Waals surface area contributed by atoms with Crippen LogP contribution < -0.4 is 5.32 Å². The van der Waals surface area contributed by atoms with Crippen LogP contribution in [0.5, 0.6) is 0 Å². The van der Waals surface area contributed by atoms with E-state index in [9.17, 15) is 4.79 Å². The lowest BCUT2D eigenvalue weighted by Gasteiger charge is -2.38. The predicted molar refractivity (Wildman–Crippen MR) is 55.5 cm³/mol. The SMILES string of the molecule is CC1OCCC1C(=O)NCC1(C)COC1. The molecule has 0 saturated carbocycles. The zero-order valence-corrected chi connectivity index (χ0v) is 9.41. The molecule has 2 atom stereocenters. The van der Waals surface area contributed by atoms with Gasteiger partial charge < -0.3 is 14.8 Å². The summed E-state index contributed by atoms with van der Waals surface area (Å²) in [6.45, 7) is 7.03. The van der Waals surface area contributed by atoms with E-state index in [0.29, 0.717) is 6.61 Å². The molecule has 2 aliphatic rings. The maximum absolute atomic E-state index is 11.8. The van der Waals surface area contributed by atoms with Crippen molar-refractivity contribution in [3.63, 3.8) is 0 Å². The Labute approximate surface area is 90.3 Å². The van der Waals surface area contributed by atoms with E-state index in [1.807, 2.05) is 6.92 Å². The Hall–Kier alpha value is -0.610. The summed E-state index contributed by atoms with van der Waals surface area (Å²) in [6, 6.07) is 0. The molecule has 0 aliphatic carbocycles. The molecule has 2 fully saturated rings. The normalized spacial score (nSPS) is 33.5. The molecule has 2 unspecified atom stereocenters. The molecular weight excluding hydrogens is 194 g/mol. The van der Waals surface area contributed by atoms with Crippen molar-refractivity contribution in [3.05, 3.63) is 0 Å². The highest BCUT2D eigenvalue weighted by atomic mass is 16.5. The fraction of sp³-hybridized carbons (Fsp3) is 0.909. The first kappa shape index (κ1) is 10.9. The second-order valence-electron chi connectivity index (χ2n) is 4.99. The lowest BCUT2D eigenvalue weighted by atomic mass is 9.88. The van der Waals surface area contributed by atoms with Crippen molar-refractivity contribution >= 4 is 5.91 Å². The van der Waals surface area contributed by atoms with E-state index in [-0.39, 0.29) is 23.3 Å². The second kappa shape index (κ2) is 4.10. The van der Waals surface area contributed by atoms with Gasteiger partial charge in [-0.3, -0.25) is 4.79 Å². The molecule has 86 valence electrons. The fourth-order valence-electron chi connectivity index (χ4n) is 2.06. The first-order valence-electron chi connectivity index (χ1n) is 5.58. The minimum absolute atomic E-state index is 0.0367. The van der Waals surface area contributed by atoms with Crippen molar-refractivity contribution in [1.29, 1.82) is 0 Å². The molecule has 0 aromatic rings. The van der Waals surface area contributed by atoms with Crippen LogP contribution in [0.1, 0.15) is 20.3 Å². The molecule has 4 heteroatoms. The van der Waals surface area contributed by atoms with E-state index in [0.717, 1.165) is 26.2 Å². The molecule has 0 aromatic heterocycles. The van der Waals surface area contributed by atoms with E-state index in [4.69, 9.17) is 9.47 Å². The van der Waals surface area contributed by atoms with Gasteiger partial charge in [-0.15, -0.1) is 0 Å². The first-order valence-corrected chi connectivity index (χ1v) is 5.58. The average Bonchev–Trinajstić information content (AvgIpc) is 2.58. The number of amides is 1. The third kappa shape index (κ3) is 2.32. The monoisotopic (exact) mass is 213 g/mol. The van der Waals surface area contributed by atoms with Crippen LogP contribution in [0, 0.1) is 11.3 Å². The minimum atomic E-state index is 0.0367. The summed E-state index contributed by atoms with van der Waals surface area (Å²) in [7, 11) is 0. The summed E-state index contributed by atoms with van der Waals surface area (Å²) in [6.07, 6.45) is 0.913. The standard InChI is InChI=1S/C11H19NO3/c1-8-9(3-4-15-8)10(13)12-5-11(2)6-14-7-11/h8-9H,3-7H2,1-2H3,(H,12,13). The van der Waals surface area contributed by atoms with Gasteiger partial charge in [0.15, 0.2) is 0 Å². The number of nitrogens with one attached hydrogen (secondary N) is 1. The minimum Gasteiger partial charge on any atom is -0.380 e. The molecule has 2 heterocycles. The van der Waals surface area contributed by atoms with E-state index in [1.165, 1.54) is 0 Å². The third-order valence-electron chi connectivity index (χ3n) is 3.30. The van der Waals surface area contributed by atoms with Gasteiger partial charge in [0.25, 0.3) is 0 Å². The quantitative estimate of drug-likeness (QED) is 0.745. The summed E-state index contributed by atoms with van der Waals surface area (Å²) >= 11 is 0. The molecule has 1 amide bonds. The van der Waals surface area contributed by atoms with Crippen LogP contribution in [0.2, 0.25) is 0 Å². The highest BCUT2D eigenvalue weighted by Gasteiger charge is 2.36. The Balaban J connectivity index is 1.76. The second-order valence-corrected chi connectivity index (χ2v) is 4.99. The fourth-order valence-corrected chi connectivity index (χ4v) is 2.06. The number of carbonyl (C=O) groups is 1. The molecule has 0 radical (unpaired) electrons. The number of hydrogen-bond donors (Lipinski definition) is 1. The summed E-state index contributed by atoms with van der Waals surface area (Å²) in [5.74, 6) is 0.169. The molecule has 1 N–H and O–H groups in total. The molecule has 2 aliphatic heterocycles. The van der Waals surface area contributed by atoms with Crippen LogP contribution in [0.25, 0.3) is 0 Å². The van der Waals surface area contributed by atoms with Crippen LogP contribution in [0.4, 0.5) is 0 Å². The van der Waals surface area contributed by atoms with Crippen LogP contribution in [0.15, 0.2) is 0 Å². The van der Waals surface area contributed by atoms with E-state index < -0.39 is 0 Å². The maximum Gasteiger partial charge on any atom is 0.225 e. The average molecular weight is 213 g/mol. The molecule has 4 nitrogen and oxygen atoms in total. The van der Waals surface area contributed by atoms with Gasteiger partial charge in [-0.05, 0) is 13.3 Å². The van der Waals surface area contributed by atoms with Crippen LogP contribution >= 0.6 is 0 Å². The van der Waals surface area contributed by atoms with Crippen molar-refractivity contribution in [1.82, 2.24) is 5.32 Å². The lowest BCUT2D eigenvalue weighted by molar-refractivity contribution is -0.131. The number of carbonyl (C=O) groups excluding carboxylic acids is 1. The van der Waals surface area contributed by atoms with Crippen molar-refractivity contribution in [2.45, 2.75) is 26.4 Å². The van der Waals surface area contributed by atoms with Gasteiger partial charge in [-0.2, -0.15) is 0 Å². The highest BCUT2D eigenvalue weighted by Crippen LogP contribution is 2.26. The molecule has 2 rings (SSSR count). The summed E-state index contributed by atoms with van der Waals surface area (Å²) in [5, 5.41) is 3.00. The summed E-state index contributed by atoms with van der Waals surface area (Å²) < 4.78 is 10.5. The molecular formula is C11H19NO3. The Morgan fingerprint density at radius 1 is 1.53 bits per heavy atom. The molecule has 2 saturated heterocycles. The molecule has 15 heavy (non-hydrogen) atoms. The van der Waals surface area contributed by atoms with Crippen molar-refractivity contribution in [2.75, 3.05) is 26.4 Å². The number of rotatable bonds is 3. The lowest BCUT2D eigenvalue weighted by Crippen LogP contribution is -2.50. The smallest absolute Gasteiger partial charge is 0.225 e. The van der Waals surface area contributed by atoms with E-state index >= 15 is 0 Å². The van der Waals surface area contributed by atoms with E-state index in [2.05, 4.69) is 12.2 Å². The number of ether oxygens (including phenoxy) is 2. The van der Waals surface area contributed by atoms with Gasteiger partial charge in [0, 0.05) is 18.6 Å². The van der Waals surface area contributed by atoms with Gasteiger partial charge in [0.1, 0.15) is 0 Å². The van der Waals surface area contributed by atoms with Gasteiger partial charge >= 0.3 is 0 Å². The summed E-state index contributed by atoms with van der Waals surface area (Å²) in [4.78, 5) is 11.8. The van der Waals surface area contributed by atoms with Gasteiger partial charge in [-0.1, -0.05) is 6.92 Å². The molecule has 0 bridgehead atoms.